The summed E-state index contributed by atoms with van der Waals surface area (Å²) < 4.78 is 5.13. The van der Waals surface area contributed by atoms with Gasteiger partial charge in [0.15, 0.2) is 0 Å². The number of anilines is 1. The molecule has 0 fully saturated rings. The van der Waals surface area contributed by atoms with Gasteiger partial charge in [0.1, 0.15) is 5.75 Å². The Morgan fingerprint density at radius 2 is 2.00 bits per heavy atom. The van der Waals surface area contributed by atoms with E-state index < -0.39 is 5.97 Å². The number of esters is 1. The van der Waals surface area contributed by atoms with Crippen molar-refractivity contribution in [3.63, 3.8) is 0 Å². The lowest BCUT2D eigenvalue weighted by atomic mass is 10.3. The average Bonchev–Trinajstić information content (AvgIpc) is 2.27. The molecule has 0 aliphatic rings. The zero-order chi connectivity index (χ0) is 12.8. The summed E-state index contributed by atoms with van der Waals surface area (Å²) in [5.41, 5.74) is 1.14. The van der Waals surface area contributed by atoms with Crippen LogP contribution in [-0.4, -0.2) is 11.9 Å². The SMILES string of the molecule is CC=C(C)C(=O)Oc1cccc(NC(C)=O)c1. The summed E-state index contributed by atoms with van der Waals surface area (Å²) in [5, 5.41) is 2.62. The van der Waals surface area contributed by atoms with Crippen molar-refractivity contribution in [3.8, 4) is 5.75 Å². The second-order valence-corrected chi connectivity index (χ2v) is 3.57. The molecule has 4 nitrogen and oxygen atoms in total. The summed E-state index contributed by atoms with van der Waals surface area (Å²) in [6.07, 6.45) is 1.68. The number of nitrogens with one attached hydrogen (secondary N) is 1. The Labute approximate surface area is 100 Å². The van der Waals surface area contributed by atoms with Crippen LogP contribution in [0.25, 0.3) is 0 Å². The summed E-state index contributed by atoms with van der Waals surface area (Å²) in [6.45, 7) is 4.87. The fourth-order valence-electron chi connectivity index (χ4n) is 1.15. The third-order valence-corrected chi connectivity index (χ3v) is 2.12. The normalized spacial score (nSPS) is 10.9. The highest BCUT2D eigenvalue weighted by Gasteiger charge is 2.06. The van der Waals surface area contributed by atoms with E-state index in [4.69, 9.17) is 4.74 Å². The number of carbonyl (C=O) groups excluding carboxylic acids is 2. The fourth-order valence-corrected chi connectivity index (χ4v) is 1.15. The molecule has 1 aromatic rings. The van der Waals surface area contributed by atoms with Gasteiger partial charge in [-0.25, -0.2) is 4.79 Å². The summed E-state index contributed by atoms with van der Waals surface area (Å²) in [6, 6.07) is 6.69. The molecule has 0 aliphatic carbocycles. The van der Waals surface area contributed by atoms with E-state index in [1.54, 1.807) is 44.2 Å². The molecule has 0 saturated heterocycles. The molecule has 1 N–H and O–H groups in total. The Morgan fingerprint density at radius 3 is 2.59 bits per heavy atom. The van der Waals surface area contributed by atoms with Gasteiger partial charge in [0.05, 0.1) is 0 Å². The van der Waals surface area contributed by atoms with Crippen LogP contribution in [0.2, 0.25) is 0 Å². The van der Waals surface area contributed by atoms with Crippen molar-refractivity contribution in [1.29, 1.82) is 0 Å². The van der Waals surface area contributed by atoms with E-state index in [0.29, 0.717) is 17.0 Å². The molecule has 0 heterocycles. The Balaban J connectivity index is 2.79. The van der Waals surface area contributed by atoms with Gasteiger partial charge in [0.25, 0.3) is 0 Å². The Bertz CT molecular complexity index is 463. The standard InChI is InChI=1S/C13H15NO3/c1-4-9(2)13(16)17-12-7-5-6-11(8-12)14-10(3)15/h4-8H,1-3H3,(H,14,15). The first-order valence-electron chi connectivity index (χ1n) is 5.25. The maximum atomic E-state index is 11.5. The highest BCUT2D eigenvalue weighted by atomic mass is 16.5. The zero-order valence-electron chi connectivity index (χ0n) is 10.1. The predicted molar refractivity (Wildman–Crippen MR) is 65.8 cm³/mol. The molecule has 0 atom stereocenters. The van der Waals surface area contributed by atoms with Crippen LogP contribution in [0.15, 0.2) is 35.9 Å². The Kier molecular flexibility index (Phi) is 4.46. The number of benzene rings is 1. The van der Waals surface area contributed by atoms with Crippen molar-refractivity contribution >= 4 is 17.6 Å². The van der Waals surface area contributed by atoms with Crippen molar-refractivity contribution in [1.82, 2.24) is 0 Å². The maximum Gasteiger partial charge on any atom is 0.338 e. The van der Waals surface area contributed by atoms with Gasteiger partial charge in [-0.1, -0.05) is 12.1 Å². The third kappa shape index (κ3) is 4.10. The monoisotopic (exact) mass is 233 g/mol. The highest BCUT2D eigenvalue weighted by Crippen LogP contribution is 2.18. The maximum absolute atomic E-state index is 11.5. The van der Waals surface area contributed by atoms with E-state index in [0.717, 1.165) is 0 Å². The van der Waals surface area contributed by atoms with Crippen molar-refractivity contribution in [2.45, 2.75) is 20.8 Å². The number of carbonyl (C=O) groups is 2. The number of rotatable bonds is 3. The van der Waals surface area contributed by atoms with Gasteiger partial charge in [-0.05, 0) is 26.0 Å². The summed E-state index contributed by atoms with van der Waals surface area (Å²) in [4.78, 5) is 22.4. The zero-order valence-corrected chi connectivity index (χ0v) is 10.1. The fraction of sp³-hybridized carbons (Fsp3) is 0.231. The summed E-state index contributed by atoms with van der Waals surface area (Å²) in [7, 11) is 0. The van der Waals surface area contributed by atoms with Crippen LogP contribution in [0.1, 0.15) is 20.8 Å². The van der Waals surface area contributed by atoms with Crippen LogP contribution in [0.5, 0.6) is 5.75 Å². The Hall–Kier alpha value is -2.10. The van der Waals surface area contributed by atoms with E-state index >= 15 is 0 Å². The van der Waals surface area contributed by atoms with Crippen LogP contribution in [-0.2, 0) is 9.59 Å². The molecule has 0 unspecified atom stereocenters. The molecular formula is C13H15NO3. The molecule has 1 rings (SSSR count). The molecule has 0 aromatic heterocycles. The van der Waals surface area contributed by atoms with Gasteiger partial charge < -0.3 is 10.1 Å². The lowest BCUT2D eigenvalue weighted by molar-refractivity contribution is -0.130. The third-order valence-electron chi connectivity index (χ3n) is 2.12. The van der Waals surface area contributed by atoms with Crippen molar-refractivity contribution < 1.29 is 14.3 Å². The van der Waals surface area contributed by atoms with Crippen molar-refractivity contribution in [3.05, 3.63) is 35.9 Å². The smallest absolute Gasteiger partial charge is 0.338 e. The first kappa shape index (κ1) is 13.0. The molecule has 0 radical (unpaired) electrons. The predicted octanol–water partition coefficient (Wildman–Crippen LogP) is 2.52. The first-order valence-corrected chi connectivity index (χ1v) is 5.25. The summed E-state index contributed by atoms with van der Waals surface area (Å²) >= 11 is 0. The topological polar surface area (TPSA) is 55.4 Å². The van der Waals surface area contributed by atoms with Gasteiger partial charge in [0.2, 0.25) is 5.91 Å². The molecule has 0 bridgehead atoms. The lowest BCUT2D eigenvalue weighted by Gasteiger charge is -2.06. The molecule has 0 spiro atoms. The minimum atomic E-state index is -0.396. The molecule has 17 heavy (non-hydrogen) atoms. The van der Waals surface area contributed by atoms with E-state index in [2.05, 4.69) is 5.32 Å². The number of allylic oxidation sites excluding steroid dienone is 1. The van der Waals surface area contributed by atoms with E-state index in [9.17, 15) is 9.59 Å². The van der Waals surface area contributed by atoms with Gasteiger partial charge in [0, 0.05) is 24.3 Å². The molecular weight excluding hydrogens is 218 g/mol. The van der Waals surface area contributed by atoms with Crippen LogP contribution >= 0.6 is 0 Å². The number of hydrogen-bond donors (Lipinski definition) is 1. The van der Waals surface area contributed by atoms with E-state index in [-0.39, 0.29) is 5.91 Å². The van der Waals surface area contributed by atoms with Gasteiger partial charge in [-0.3, -0.25) is 4.79 Å². The lowest BCUT2D eigenvalue weighted by Crippen LogP contribution is -2.10. The molecule has 1 amide bonds. The van der Waals surface area contributed by atoms with Gasteiger partial charge in [-0.2, -0.15) is 0 Å². The summed E-state index contributed by atoms with van der Waals surface area (Å²) in [5.74, 6) is -0.159. The van der Waals surface area contributed by atoms with Crippen molar-refractivity contribution in [2.75, 3.05) is 5.32 Å². The van der Waals surface area contributed by atoms with Gasteiger partial charge in [-0.15, -0.1) is 0 Å². The van der Waals surface area contributed by atoms with E-state index in [1.807, 2.05) is 0 Å². The minimum Gasteiger partial charge on any atom is -0.423 e. The minimum absolute atomic E-state index is 0.168. The number of amides is 1. The highest BCUT2D eigenvalue weighted by molar-refractivity contribution is 5.90. The van der Waals surface area contributed by atoms with Crippen LogP contribution in [0.4, 0.5) is 5.69 Å². The van der Waals surface area contributed by atoms with Crippen LogP contribution in [0, 0.1) is 0 Å². The number of hydrogen-bond acceptors (Lipinski definition) is 3. The second-order valence-electron chi connectivity index (χ2n) is 3.57. The molecule has 4 heteroatoms. The molecule has 0 saturated carbocycles. The molecule has 0 aliphatic heterocycles. The first-order chi connectivity index (χ1) is 8.02. The van der Waals surface area contributed by atoms with E-state index in [1.165, 1.54) is 6.92 Å². The van der Waals surface area contributed by atoms with Crippen LogP contribution in [0.3, 0.4) is 0 Å². The number of ether oxygens (including phenoxy) is 1. The quantitative estimate of drug-likeness (QED) is 0.496. The average molecular weight is 233 g/mol. The largest absolute Gasteiger partial charge is 0.423 e. The van der Waals surface area contributed by atoms with Crippen LogP contribution < -0.4 is 10.1 Å². The molecule has 1 aromatic carbocycles. The molecule has 90 valence electrons. The van der Waals surface area contributed by atoms with Gasteiger partial charge >= 0.3 is 5.97 Å². The second kappa shape index (κ2) is 5.84. The van der Waals surface area contributed by atoms with Crippen molar-refractivity contribution in [2.24, 2.45) is 0 Å². The Morgan fingerprint density at radius 1 is 1.29 bits per heavy atom.